The lowest BCUT2D eigenvalue weighted by atomic mass is 9.91. The van der Waals surface area contributed by atoms with Crippen molar-refractivity contribution in [1.29, 1.82) is 0 Å². The van der Waals surface area contributed by atoms with Gasteiger partial charge in [-0.25, -0.2) is 0 Å². The van der Waals surface area contributed by atoms with Crippen molar-refractivity contribution in [2.24, 2.45) is 29.1 Å². The molecule has 4 aliphatic heterocycles. The molecule has 113 heavy (non-hydrogen) atoms. The lowest BCUT2D eigenvalue weighted by Crippen LogP contribution is -2.45. The Morgan fingerprint density at radius 1 is 0.248 bits per heavy atom. The van der Waals surface area contributed by atoms with E-state index >= 15 is 0 Å². The molecule has 0 aliphatic carbocycles. The van der Waals surface area contributed by atoms with E-state index in [0.717, 1.165) is 128 Å². The first kappa shape index (κ1) is 100. The molecule has 0 saturated carbocycles. The Kier molecular flexibility index (Phi) is 60.0. The first-order valence-electron chi connectivity index (χ1n) is 47.7. The van der Waals surface area contributed by atoms with Crippen LogP contribution in [0.2, 0.25) is 0 Å². The minimum absolute atomic E-state index is 0.0342. The first-order chi connectivity index (χ1) is 55.3. The van der Waals surface area contributed by atoms with Crippen LogP contribution in [-0.2, 0) is 57.3 Å². The minimum Gasteiger partial charge on any atom is -0.464 e. The molecule has 16 nitrogen and oxygen atoms in total. The van der Waals surface area contributed by atoms with Crippen LogP contribution < -0.4 is 0 Å². The van der Waals surface area contributed by atoms with Crippen LogP contribution in [0.15, 0.2) is 48.6 Å². The van der Waals surface area contributed by atoms with Crippen LogP contribution in [-0.4, -0.2) is 146 Å². The number of likely N-dealkylation sites (tertiary alicyclic amines) is 4. The zero-order valence-corrected chi connectivity index (χ0v) is 73.0. The van der Waals surface area contributed by atoms with Crippen molar-refractivity contribution in [3.8, 4) is 0 Å². The van der Waals surface area contributed by atoms with Crippen LogP contribution in [0.3, 0.4) is 0 Å². The minimum atomic E-state index is -1.66. The summed E-state index contributed by atoms with van der Waals surface area (Å²) in [6.07, 6.45) is 84.7. The van der Waals surface area contributed by atoms with Crippen LogP contribution in [0, 0.1) is 29.1 Å². The molecule has 16 heteroatoms. The third kappa shape index (κ3) is 48.9. The molecule has 4 amide bonds. The average Bonchev–Trinajstić information content (AvgIpc) is 1.81. The fraction of sp³-hybridized carbons (Fsp3) is 0.835. The van der Waals surface area contributed by atoms with E-state index in [1.54, 1.807) is 19.6 Å². The Morgan fingerprint density at radius 2 is 0.398 bits per heavy atom. The van der Waals surface area contributed by atoms with Gasteiger partial charge >= 0.3 is 23.9 Å². The van der Waals surface area contributed by atoms with Crippen molar-refractivity contribution in [1.82, 2.24) is 19.6 Å². The SMILES string of the molecule is CCCCCCCCC=CCCCCCCCCN1CC(C(=O)OCC(COC(=O)C2CC(=O)N(CCCCCCCCC=CCCCCCCCC)C2)(COC(=O)C2CC(=O)N(CCCCCCCCC=CCCCCCCCC)C2)COC(=O)C2CC(=O)N(CCCCCCCCC=CCCCCCCCC)C2)CC1=O. The van der Waals surface area contributed by atoms with Crippen LogP contribution in [0.4, 0.5) is 0 Å². The smallest absolute Gasteiger partial charge is 0.311 e. The highest BCUT2D eigenvalue weighted by Gasteiger charge is 2.45. The Bertz CT molecular complexity index is 2270. The van der Waals surface area contributed by atoms with E-state index < -0.39 is 79.4 Å². The van der Waals surface area contributed by atoms with Gasteiger partial charge in [-0.3, -0.25) is 38.4 Å². The van der Waals surface area contributed by atoms with E-state index in [0.29, 0.717) is 26.2 Å². The zero-order valence-electron chi connectivity index (χ0n) is 73.0. The molecule has 4 heterocycles. The summed E-state index contributed by atoms with van der Waals surface area (Å²) >= 11 is 0. The quantitative estimate of drug-likeness (QED) is 0.0243. The van der Waals surface area contributed by atoms with Crippen molar-refractivity contribution in [2.45, 2.75) is 413 Å². The van der Waals surface area contributed by atoms with Crippen LogP contribution >= 0.6 is 0 Å². The summed E-state index contributed by atoms with van der Waals surface area (Å²) < 4.78 is 24.7. The molecule has 0 aromatic carbocycles. The van der Waals surface area contributed by atoms with Gasteiger partial charge < -0.3 is 38.5 Å². The number of rotatable bonds is 76. The zero-order chi connectivity index (χ0) is 81.1. The molecule has 4 saturated heterocycles. The number of hydrogen-bond acceptors (Lipinski definition) is 12. The van der Waals surface area contributed by atoms with Crippen molar-refractivity contribution >= 4 is 47.5 Å². The largest absolute Gasteiger partial charge is 0.464 e. The maximum absolute atomic E-state index is 14.4. The molecule has 0 bridgehead atoms. The first-order valence-corrected chi connectivity index (χ1v) is 47.7. The van der Waals surface area contributed by atoms with Gasteiger partial charge in [0.25, 0.3) is 0 Å². The van der Waals surface area contributed by atoms with Gasteiger partial charge in [0, 0.05) is 78.0 Å². The molecule has 0 radical (unpaired) electrons. The third-order valence-corrected chi connectivity index (χ3v) is 24.0. The predicted octanol–water partition coefficient (Wildman–Crippen LogP) is 23.7. The normalized spacial score (nSPS) is 18.0. The van der Waals surface area contributed by atoms with Crippen molar-refractivity contribution in [3.05, 3.63) is 48.6 Å². The second-order valence-electron chi connectivity index (χ2n) is 34.6. The standard InChI is InChI=1S/C97H168N4O12/c1-5-9-13-17-21-25-29-33-37-41-45-49-53-57-61-65-69-98-77-85(73-89(98)102)93(106)110-81-97(82-111-94(107)86-74-90(103)99(78-86)70-66-62-58-54-50-46-42-38-34-30-26-22-18-14-10-6-2,83-112-95(108)87-75-91(104)100(79-87)71-67-63-59-55-51-47-43-39-35-31-27-23-19-15-11-7-3)84-113-96(109)88-76-92(105)101(80-88)72-68-64-60-56-52-48-44-40-36-32-28-24-20-16-12-8-4/h33-40,85-88H,5-32,41-84H2,1-4H3. The van der Waals surface area contributed by atoms with Gasteiger partial charge in [0.15, 0.2) is 0 Å². The number of allylic oxidation sites excluding steroid dienone is 8. The van der Waals surface area contributed by atoms with Gasteiger partial charge in [-0.2, -0.15) is 0 Å². The summed E-state index contributed by atoms with van der Waals surface area (Å²) in [5, 5.41) is 0. The summed E-state index contributed by atoms with van der Waals surface area (Å²) in [5.41, 5.74) is -1.66. The maximum Gasteiger partial charge on any atom is 0.311 e. The number of carbonyl (C=O) groups excluding carboxylic acids is 8. The van der Waals surface area contributed by atoms with E-state index in [-0.39, 0.29) is 75.5 Å². The van der Waals surface area contributed by atoms with Gasteiger partial charge in [-0.15, -0.1) is 0 Å². The molecule has 0 aromatic rings. The fourth-order valence-electron chi connectivity index (χ4n) is 16.4. The number of nitrogens with zero attached hydrogens (tertiary/aromatic N) is 4. The second kappa shape index (κ2) is 67.7. The lowest BCUT2D eigenvalue weighted by molar-refractivity contribution is -0.176. The fourth-order valence-corrected chi connectivity index (χ4v) is 16.4. The van der Waals surface area contributed by atoms with Crippen LogP contribution in [0.5, 0.6) is 0 Å². The lowest BCUT2D eigenvalue weighted by Gasteiger charge is -2.33. The molecule has 4 aliphatic rings. The van der Waals surface area contributed by atoms with Crippen molar-refractivity contribution in [3.63, 3.8) is 0 Å². The molecule has 648 valence electrons. The van der Waals surface area contributed by atoms with E-state index in [2.05, 4.69) is 76.3 Å². The number of unbranched alkanes of at least 4 members (excludes halogenated alkanes) is 48. The monoisotopic (exact) mass is 1580 g/mol. The van der Waals surface area contributed by atoms with Crippen molar-refractivity contribution < 1.29 is 57.3 Å². The van der Waals surface area contributed by atoms with Gasteiger partial charge in [-0.1, -0.05) is 307 Å². The molecule has 4 unspecified atom stereocenters. The van der Waals surface area contributed by atoms with Gasteiger partial charge in [0.2, 0.25) is 23.6 Å². The second-order valence-corrected chi connectivity index (χ2v) is 34.6. The summed E-state index contributed by atoms with van der Waals surface area (Å²) in [5.74, 6) is -6.24. The van der Waals surface area contributed by atoms with E-state index in [9.17, 15) is 38.4 Å². The number of esters is 4. The number of hydrogen-bond donors (Lipinski definition) is 0. The van der Waals surface area contributed by atoms with Gasteiger partial charge in [0.05, 0.1) is 23.7 Å². The molecule has 0 N–H and O–H groups in total. The number of ether oxygens (including phenoxy) is 4. The molecular weight excluding hydrogens is 1410 g/mol. The van der Waals surface area contributed by atoms with E-state index in [1.165, 1.54) is 231 Å². The predicted molar refractivity (Wildman–Crippen MR) is 463 cm³/mol. The number of amides is 4. The topological polar surface area (TPSA) is 186 Å². The highest BCUT2D eigenvalue weighted by atomic mass is 16.6. The Labute approximate surface area is 690 Å². The van der Waals surface area contributed by atoms with Gasteiger partial charge in [-0.05, 0) is 128 Å². The Hall–Kier alpha value is -5.28. The summed E-state index contributed by atoms with van der Waals surface area (Å²) in [4.78, 5) is 119. The van der Waals surface area contributed by atoms with E-state index in [1.807, 2.05) is 0 Å². The maximum atomic E-state index is 14.4. The molecular formula is C97H168N4O12. The highest BCUT2D eigenvalue weighted by Crippen LogP contribution is 2.31. The average molecular weight is 1580 g/mol. The van der Waals surface area contributed by atoms with E-state index in [4.69, 9.17) is 18.9 Å². The van der Waals surface area contributed by atoms with Crippen LogP contribution in [0.1, 0.15) is 413 Å². The van der Waals surface area contributed by atoms with Gasteiger partial charge in [0.1, 0.15) is 31.8 Å². The summed E-state index contributed by atoms with van der Waals surface area (Å²) in [7, 11) is 0. The highest BCUT2D eigenvalue weighted by molar-refractivity contribution is 5.89. The molecule has 4 fully saturated rings. The Balaban J connectivity index is 1.39. The molecule has 4 rings (SSSR count). The summed E-state index contributed by atoms with van der Waals surface area (Å²) in [6, 6.07) is 0. The Morgan fingerprint density at radius 3 is 0.566 bits per heavy atom. The number of carbonyl (C=O) groups is 8. The molecule has 4 atom stereocenters. The molecule has 0 aromatic heterocycles. The third-order valence-electron chi connectivity index (χ3n) is 24.0. The van der Waals surface area contributed by atoms with Crippen LogP contribution in [0.25, 0.3) is 0 Å². The molecule has 0 spiro atoms. The summed E-state index contributed by atoms with van der Waals surface area (Å²) in [6.45, 7) is 9.85. The van der Waals surface area contributed by atoms with Crippen molar-refractivity contribution in [2.75, 3.05) is 78.8 Å².